The van der Waals surface area contributed by atoms with E-state index < -0.39 is 0 Å². The number of H-pyrrole nitrogens is 1. The van der Waals surface area contributed by atoms with E-state index in [1.807, 2.05) is 36.4 Å². The number of carbonyl (C=O) groups is 1. The number of aryl methyl sites for hydroxylation is 4. The summed E-state index contributed by atoms with van der Waals surface area (Å²) in [5, 5.41) is 8.33. The second-order valence-corrected chi connectivity index (χ2v) is 6.94. The molecule has 3 aromatic rings. The Labute approximate surface area is 146 Å². The van der Waals surface area contributed by atoms with Gasteiger partial charge in [0.1, 0.15) is 11.5 Å². The standard InChI is InChI=1S/C19H23N5O/c1-11-7-5-8-14-12(2)17(23(4)16(11)14)19(25)24-10-6-9-15(24)18-20-13(3)21-22-18/h5,7-8,15H,6,9-10H2,1-4H3,(H,20,21,22). The number of amides is 1. The van der Waals surface area contributed by atoms with E-state index in [4.69, 9.17) is 0 Å². The molecule has 6 nitrogen and oxygen atoms in total. The largest absolute Gasteiger partial charge is 0.339 e. The summed E-state index contributed by atoms with van der Waals surface area (Å²) < 4.78 is 2.04. The van der Waals surface area contributed by atoms with Crippen molar-refractivity contribution in [2.75, 3.05) is 6.54 Å². The lowest BCUT2D eigenvalue weighted by molar-refractivity contribution is 0.0720. The maximum absolute atomic E-state index is 13.4. The molecule has 4 rings (SSSR count). The number of nitrogens with one attached hydrogen (secondary N) is 1. The number of benzene rings is 1. The van der Waals surface area contributed by atoms with E-state index in [0.717, 1.165) is 53.2 Å². The highest BCUT2D eigenvalue weighted by molar-refractivity contribution is 6.02. The first kappa shape index (κ1) is 15.9. The van der Waals surface area contributed by atoms with Crippen LogP contribution in [-0.4, -0.2) is 37.1 Å². The average molecular weight is 337 g/mol. The van der Waals surface area contributed by atoms with Crippen LogP contribution in [0.25, 0.3) is 10.9 Å². The molecule has 1 unspecified atom stereocenters. The predicted molar refractivity (Wildman–Crippen MR) is 96.5 cm³/mol. The molecule has 0 bridgehead atoms. The normalized spacial score (nSPS) is 17.6. The van der Waals surface area contributed by atoms with Gasteiger partial charge in [0, 0.05) is 19.0 Å². The molecule has 1 saturated heterocycles. The Bertz CT molecular complexity index is 968. The Balaban J connectivity index is 1.78. The summed E-state index contributed by atoms with van der Waals surface area (Å²) in [4.78, 5) is 19.8. The maximum Gasteiger partial charge on any atom is 0.271 e. The molecule has 1 aromatic carbocycles. The SMILES string of the molecule is Cc1nc(C2CCCN2C(=O)c2c(C)c3cccc(C)c3n2C)n[nH]1. The number of aromatic nitrogens is 4. The zero-order valence-corrected chi connectivity index (χ0v) is 15.1. The third-order valence-electron chi connectivity index (χ3n) is 5.30. The van der Waals surface area contributed by atoms with Crippen LogP contribution in [-0.2, 0) is 7.05 Å². The Morgan fingerprint density at radius 2 is 2.08 bits per heavy atom. The minimum Gasteiger partial charge on any atom is -0.339 e. The van der Waals surface area contributed by atoms with Crippen LogP contribution in [0.3, 0.4) is 0 Å². The van der Waals surface area contributed by atoms with E-state index in [0.29, 0.717) is 0 Å². The van der Waals surface area contributed by atoms with Gasteiger partial charge in [-0.1, -0.05) is 18.2 Å². The summed E-state index contributed by atoms with van der Waals surface area (Å²) in [6.45, 7) is 6.76. The molecule has 1 aliphatic rings. The number of carbonyl (C=O) groups excluding carboxylic acids is 1. The third kappa shape index (κ3) is 2.35. The number of para-hydroxylation sites is 1. The van der Waals surface area contributed by atoms with E-state index in [1.54, 1.807) is 0 Å². The first-order valence-corrected chi connectivity index (χ1v) is 8.73. The lowest BCUT2D eigenvalue weighted by Crippen LogP contribution is -2.32. The molecular weight excluding hydrogens is 314 g/mol. The van der Waals surface area contributed by atoms with Crippen LogP contribution >= 0.6 is 0 Å². The van der Waals surface area contributed by atoms with Gasteiger partial charge in [-0.2, -0.15) is 5.10 Å². The zero-order chi connectivity index (χ0) is 17.7. The first-order chi connectivity index (χ1) is 12.0. The van der Waals surface area contributed by atoms with Gasteiger partial charge in [-0.25, -0.2) is 4.98 Å². The van der Waals surface area contributed by atoms with Crippen LogP contribution in [0, 0.1) is 20.8 Å². The van der Waals surface area contributed by atoms with Crippen molar-refractivity contribution >= 4 is 16.8 Å². The maximum atomic E-state index is 13.4. The molecule has 6 heteroatoms. The fourth-order valence-electron chi connectivity index (χ4n) is 4.12. The third-order valence-corrected chi connectivity index (χ3v) is 5.30. The Morgan fingerprint density at radius 3 is 2.76 bits per heavy atom. The van der Waals surface area contributed by atoms with Gasteiger partial charge in [-0.3, -0.25) is 9.89 Å². The van der Waals surface area contributed by atoms with Gasteiger partial charge in [-0.15, -0.1) is 0 Å². The van der Waals surface area contributed by atoms with E-state index in [9.17, 15) is 4.79 Å². The fraction of sp³-hybridized carbons (Fsp3) is 0.421. The molecular formula is C19H23N5O. The molecule has 0 aliphatic carbocycles. The molecule has 1 aliphatic heterocycles. The van der Waals surface area contributed by atoms with Crippen molar-refractivity contribution in [1.82, 2.24) is 24.6 Å². The first-order valence-electron chi connectivity index (χ1n) is 8.73. The summed E-state index contributed by atoms with van der Waals surface area (Å²) in [7, 11) is 1.98. The molecule has 2 aromatic heterocycles. The fourth-order valence-corrected chi connectivity index (χ4v) is 4.12. The molecule has 3 heterocycles. The van der Waals surface area contributed by atoms with Gasteiger partial charge in [0.25, 0.3) is 5.91 Å². The summed E-state index contributed by atoms with van der Waals surface area (Å²) in [5.41, 5.74) is 4.13. The number of hydrogen-bond donors (Lipinski definition) is 1. The van der Waals surface area contributed by atoms with Crippen molar-refractivity contribution < 1.29 is 4.79 Å². The van der Waals surface area contributed by atoms with Crippen molar-refractivity contribution in [3.05, 3.63) is 46.7 Å². The lowest BCUT2D eigenvalue weighted by atomic mass is 10.1. The smallest absolute Gasteiger partial charge is 0.271 e. The zero-order valence-electron chi connectivity index (χ0n) is 15.1. The minimum absolute atomic E-state index is 0.0454. The molecule has 1 fully saturated rings. The Hall–Kier alpha value is -2.63. The second kappa shape index (κ2) is 5.72. The van der Waals surface area contributed by atoms with Gasteiger partial charge in [0.05, 0.1) is 11.6 Å². The van der Waals surface area contributed by atoms with E-state index in [-0.39, 0.29) is 11.9 Å². The van der Waals surface area contributed by atoms with Crippen LogP contribution in [0.2, 0.25) is 0 Å². The number of likely N-dealkylation sites (tertiary alicyclic amines) is 1. The van der Waals surface area contributed by atoms with Gasteiger partial charge in [-0.05, 0) is 44.7 Å². The highest BCUT2D eigenvalue weighted by atomic mass is 16.2. The number of rotatable bonds is 2. The van der Waals surface area contributed by atoms with E-state index in [1.165, 1.54) is 5.56 Å². The van der Waals surface area contributed by atoms with Crippen LogP contribution in [0.1, 0.15) is 52.1 Å². The van der Waals surface area contributed by atoms with Gasteiger partial charge in [0.15, 0.2) is 5.82 Å². The average Bonchev–Trinajstić information content (AvgIpc) is 3.27. The summed E-state index contributed by atoms with van der Waals surface area (Å²) in [6, 6.07) is 6.18. The molecule has 1 atom stereocenters. The van der Waals surface area contributed by atoms with Crippen LogP contribution in [0.15, 0.2) is 18.2 Å². The molecule has 1 amide bonds. The number of nitrogens with zero attached hydrogens (tertiary/aromatic N) is 4. The molecule has 0 saturated carbocycles. The van der Waals surface area contributed by atoms with E-state index in [2.05, 4.69) is 34.2 Å². The van der Waals surface area contributed by atoms with Gasteiger partial charge in [0.2, 0.25) is 0 Å². The number of hydrogen-bond acceptors (Lipinski definition) is 3. The molecule has 0 radical (unpaired) electrons. The molecule has 0 spiro atoms. The van der Waals surface area contributed by atoms with Gasteiger partial charge >= 0.3 is 0 Å². The molecule has 25 heavy (non-hydrogen) atoms. The van der Waals surface area contributed by atoms with Gasteiger partial charge < -0.3 is 9.47 Å². The predicted octanol–water partition coefficient (Wildman–Crippen LogP) is 3.20. The topological polar surface area (TPSA) is 66.8 Å². The second-order valence-electron chi connectivity index (χ2n) is 6.94. The lowest BCUT2D eigenvalue weighted by Gasteiger charge is -2.23. The highest BCUT2D eigenvalue weighted by Gasteiger charge is 2.35. The molecule has 1 N–H and O–H groups in total. The molecule has 130 valence electrons. The van der Waals surface area contributed by atoms with Crippen LogP contribution < -0.4 is 0 Å². The highest BCUT2D eigenvalue weighted by Crippen LogP contribution is 2.34. The van der Waals surface area contributed by atoms with Crippen LogP contribution in [0.4, 0.5) is 0 Å². The van der Waals surface area contributed by atoms with Crippen LogP contribution in [0.5, 0.6) is 0 Å². The van der Waals surface area contributed by atoms with Crippen molar-refractivity contribution in [1.29, 1.82) is 0 Å². The Morgan fingerprint density at radius 1 is 1.28 bits per heavy atom. The Kier molecular flexibility index (Phi) is 3.63. The quantitative estimate of drug-likeness (QED) is 0.781. The van der Waals surface area contributed by atoms with Crippen molar-refractivity contribution in [3.63, 3.8) is 0 Å². The monoisotopic (exact) mass is 337 g/mol. The summed E-state index contributed by atoms with van der Waals surface area (Å²) >= 11 is 0. The summed E-state index contributed by atoms with van der Waals surface area (Å²) in [5.74, 6) is 1.57. The number of aromatic amines is 1. The van der Waals surface area contributed by atoms with Crippen molar-refractivity contribution in [2.45, 2.75) is 39.7 Å². The van der Waals surface area contributed by atoms with E-state index >= 15 is 0 Å². The summed E-state index contributed by atoms with van der Waals surface area (Å²) in [6.07, 6.45) is 1.89. The number of fused-ring (bicyclic) bond motifs is 1. The van der Waals surface area contributed by atoms with Crippen molar-refractivity contribution in [2.24, 2.45) is 7.05 Å². The van der Waals surface area contributed by atoms with Crippen molar-refractivity contribution in [3.8, 4) is 0 Å². The minimum atomic E-state index is -0.0454.